The first-order valence-corrected chi connectivity index (χ1v) is 8.97. The number of benzene rings is 1. The summed E-state index contributed by atoms with van der Waals surface area (Å²) in [5, 5.41) is 0. The summed E-state index contributed by atoms with van der Waals surface area (Å²) >= 11 is 0. The van der Waals surface area contributed by atoms with E-state index in [-0.39, 0.29) is 11.6 Å². The molecule has 0 bridgehead atoms. The largest absolute Gasteiger partial charge is 0.496 e. The molecule has 1 nitrogen and oxygen atoms in total. The van der Waals surface area contributed by atoms with E-state index in [9.17, 15) is 8.78 Å². The van der Waals surface area contributed by atoms with Crippen LogP contribution >= 0.6 is 0 Å². The molecule has 0 saturated carbocycles. The van der Waals surface area contributed by atoms with E-state index in [1.54, 1.807) is 26.2 Å². The van der Waals surface area contributed by atoms with Gasteiger partial charge in [0.05, 0.1) is 12.9 Å². The summed E-state index contributed by atoms with van der Waals surface area (Å²) in [5.74, 6) is 0.107. The van der Waals surface area contributed by atoms with Crippen LogP contribution in [0.25, 0.3) is 5.57 Å². The van der Waals surface area contributed by atoms with Gasteiger partial charge in [-0.3, -0.25) is 0 Å². The number of rotatable bonds is 10. The van der Waals surface area contributed by atoms with Crippen molar-refractivity contribution in [3.05, 3.63) is 59.2 Å². The van der Waals surface area contributed by atoms with Crippen LogP contribution in [-0.2, 0) is 6.42 Å². The van der Waals surface area contributed by atoms with Crippen LogP contribution in [0.5, 0.6) is 5.75 Å². The van der Waals surface area contributed by atoms with Crippen LogP contribution in [0.2, 0.25) is 0 Å². The highest BCUT2D eigenvalue weighted by atomic mass is 19.1. The van der Waals surface area contributed by atoms with Crippen molar-refractivity contribution in [2.24, 2.45) is 0 Å². The molecule has 0 aliphatic heterocycles. The van der Waals surface area contributed by atoms with Crippen molar-refractivity contribution in [3.8, 4) is 5.75 Å². The van der Waals surface area contributed by atoms with Gasteiger partial charge in [-0.2, -0.15) is 0 Å². The Morgan fingerprint density at radius 3 is 2.40 bits per heavy atom. The van der Waals surface area contributed by atoms with E-state index >= 15 is 0 Å². The molecule has 1 aromatic rings. The van der Waals surface area contributed by atoms with Crippen molar-refractivity contribution in [2.75, 3.05) is 7.11 Å². The monoisotopic (exact) mass is 348 g/mol. The summed E-state index contributed by atoms with van der Waals surface area (Å²) in [5.41, 5.74) is 2.60. The second-order valence-electron chi connectivity index (χ2n) is 6.38. The fraction of sp³-hybridized carbons (Fsp3) is 0.455. The molecule has 0 aromatic heterocycles. The standard InChI is InChI=1S/C22H30F2O/c1-6-7-8-9-10-11-19-14-20(24)15-21(22(19)25-5)17(3)13-12-16(2)18(4)23/h12-15H,3,6-11H2,1-2,4-5H3/b13-12-,18-16-. The SMILES string of the molecule is C=C(/C=C\C(C)=C(\C)F)c1cc(F)cc(CCCCCCC)c1OC. The fourth-order valence-electron chi connectivity index (χ4n) is 2.66. The maximum atomic E-state index is 14.1. The Morgan fingerprint density at radius 2 is 1.80 bits per heavy atom. The summed E-state index contributed by atoms with van der Waals surface area (Å²) in [6.07, 6.45) is 9.88. The number of aryl methyl sites for hydroxylation is 1. The summed E-state index contributed by atoms with van der Waals surface area (Å²) in [6, 6.07) is 2.96. The predicted molar refractivity (Wildman–Crippen MR) is 103 cm³/mol. The van der Waals surface area contributed by atoms with Gasteiger partial charge in [0.25, 0.3) is 0 Å². The molecule has 3 heteroatoms. The molecule has 0 fully saturated rings. The molecule has 0 atom stereocenters. The molecule has 0 amide bonds. The average Bonchev–Trinajstić information content (AvgIpc) is 2.58. The lowest BCUT2D eigenvalue weighted by molar-refractivity contribution is 0.406. The van der Waals surface area contributed by atoms with Gasteiger partial charge in [-0.1, -0.05) is 51.3 Å². The number of allylic oxidation sites excluding steroid dienone is 5. The normalized spacial score (nSPS) is 12.4. The summed E-state index contributed by atoms with van der Waals surface area (Å²) in [6.45, 7) is 9.26. The molecule has 1 rings (SSSR count). The highest BCUT2D eigenvalue weighted by Crippen LogP contribution is 2.32. The molecule has 0 spiro atoms. The van der Waals surface area contributed by atoms with E-state index in [0.29, 0.717) is 22.5 Å². The Kier molecular flexibility index (Phi) is 9.18. The van der Waals surface area contributed by atoms with Crippen LogP contribution in [0.1, 0.15) is 64.0 Å². The number of methoxy groups -OCH3 is 1. The second-order valence-corrected chi connectivity index (χ2v) is 6.38. The van der Waals surface area contributed by atoms with Crippen molar-refractivity contribution < 1.29 is 13.5 Å². The van der Waals surface area contributed by atoms with Crippen molar-refractivity contribution in [2.45, 2.75) is 59.3 Å². The van der Waals surface area contributed by atoms with Crippen LogP contribution in [0.15, 0.2) is 42.3 Å². The number of unbranched alkanes of at least 4 members (excludes halogenated alkanes) is 4. The first-order valence-electron chi connectivity index (χ1n) is 8.97. The minimum Gasteiger partial charge on any atom is -0.496 e. The zero-order valence-corrected chi connectivity index (χ0v) is 15.9. The van der Waals surface area contributed by atoms with E-state index in [0.717, 1.165) is 24.8 Å². The van der Waals surface area contributed by atoms with Crippen LogP contribution < -0.4 is 4.74 Å². The molecular formula is C22H30F2O. The van der Waals surface area contributed by atoms with Crippen LogP contribution in [0.3, 0.4) is 0 Å². The predicted octanol–water partition coefficient (Wildman–Crippen LogP) is 7.18. The second kappa shape index (κ2) is 10.9. The first-order chi connectivity index (χ1) is 11.9. The van der Waals surface area contributed by atoms with E-state index < -0.39 is 0 Å². The average molecular weight is 348 g/mol. The van der Waals surface area contributed by atoms with Crippen molar-refractivity contribution in [1.82, 2.24) is 0 Å². The van der Waals surface area contributed by atoms with Crippen LogP contribution in [0.4, 0.5) is 8.78 Å². The minimum absolute atomic E-state index is 0.247. The van der Waals surface area contributed by atoms with Gasteiger partial charge in [-0.15, -0.1) is 0 Å². The Labute approximate surface area is 151 Å². The quantitative estimate of drug-likeness (QED) is 0.321. The molecule has 0 aliphatic rings. The maximum Gasteiger partial charge on any atom is 0.130 e. The molecular weight excluding hydrogens is 318 g/mol. The third-order valence-electron chi connectivity index (χ3n) is 4.31. The lowest BCUT2D eigenvalue weighted by atomic mass is 9.97. The van der Waals surface area contributed by atoms with Gasteiger partial charge in [0.1, 0.15) is 11.6 Å². The van der Waals surface area contributed by atoms with E-state index in [1.165, 1.54) is 38.3 Å². The number of hydrogen-bond donors (Lipinski definition) is 0. The number of hydrogen-bond acceptors (Lipinski definition) is 1. The van der Waals surface area contributed by atoms with E-state index in [1.807, 2.05) is 0 Å². The van der Waals surface area contributed by atoms with Crippen molar-refractivity contribution in [1.29, 1.82) is 0 Å². The minimum atomic E-state index is -0.303. The van der Waals surface area contributed by atoms with Gasteiger partial charge in [-0.25, -0.2) is 8.78 Å². The molecule has 0 saturated heterocycles. The van der Waals surface area contributed by atoms with Gasteiger partial charge in [0, 0.05) is 5.56 Å². The lowest BCUT2D eigenvalue weighted by Gasteiger charge is -2.14. The van der Waals surface area contributed by atoms with Gasteiger partial charge in [0.2, 0.25) is 0 Å². The molecule has 0 heterocycles. The van der Waals surface area contributed by atoms with Crippen molar-refractivity contribution >= 4 is 5.57 Å². The third kappa shape index (κ3) is 6.85. The van der Waals surface area contributed by atoms with Crippen LogP contribution in [0, 0.1) is 5.82 Å². The molecule has 25 heavy (non-hydrogen) atoms. The fourth-order valence-corrected chi connectivity index (χ4v) is 2.66. The zero-order valence-electron chi connectivity index (χ0n) is 15.9. The van der Waals surface area contributed by atoms with Gasteiger partial charge in [0.15, 0.2) is 0 Å². The van der Waals surface area contributed by atoms with Gasteiger partial charge >= 0.3 is 0 Å². The maximum absolute atomic E-state index is 14.1. The molecule has 0 aliphatic carbocycles. The first kappa shape index (κ1) is 21.1. The molecule has 1 aromatic carbocycles. The Morgan fingerprint density at radius 1 is 1.12 bits per heavy atom. The Balaban J connectivity index is 2.99. The summed E-state index contributed by atoms with van der Waals surface area (Å²) in [7, 11) is 1.59. The Bertz CT molecular complexity index is 638. The highest BCUT2D eigenvalue weighted by molar-refractivity contribution is 5.77. The third-order valence-corrected chi connectivity index (χ3v) is 4.31. The van der Waals surface area contributed by atoms with Crippen LogP contribution in [-0.4, -0.2) is 7.11 Å². The van der Waals surface area contributed by atoms with Gasteiger partial charge < -0.3 is 4.74 Å². The highest BCUT2D eigenvalue weighted by Gasteiger charge is 2.13. The molecule has 0 radical (unpaired) electrons. The number of ether oxygens (including phenoxy) is 1. The van der Waals surface area contributed by atoms with E-state index in [2.05, 4.69) is 13.5 Å². The summed E-state index contributed by atoms with van der Waals surface area (Å²) < 4.78 is 32.8. The lowest BCUT2D eigenvalue weighted by Crippen LogP contribution is -1.99. The number of halogens is 2. The Hall–Kier alpha value is -1.90. The molecule has 0 unspecified atom stereocenters. The topological polar surface area (TPSA) is 9.23 Å². The smallest absolute Gasteiger partial charge is 0.130 e. The van der Waals surface area contributed by atoms with E-state index in [4.69, 9.17) is 4.74 Å². The van der Waals surface area contributed by atoms with Gasteiger partial charge in [-0.05, 0) is 55.5 Å². The van der Waals surface area contributed by atoms with Crippen molar-refractivity contribution in [3.63, 3.8) is 0 Å². The molecule has 138 valence electrons. The summed E-state index contributed by atoms with van der Waals surface area (Å²) in [4.78, 5) is 0. The zero-order chi connectivity index (χ0) is 18.8. The molecule has 0 N–H and O–H groups in total.